The number of halogens is 2. The van der Waals surface area contributed by atoms with E-state index in [4.69, 9.17) is 14.5 Å². The fourth-order valence-corrected chi connectivity index (χ4v) is 4.75. The Morgan fingerprint density at radius 1 is 1.00 bits per heavy atom. The van der Waals surface area contributed by atoms with Crippen molar-refractivity contribution in [3.05, 3.63) is 66.0 Å². The Labute approximate surface area is 181 Å². The maximum absolute atomic E-state index is 14.1. The van der Waals surface area contributed by atoms with Gasteiger partial charge in [0.15, 0.2) is 11.6 Å². The highest BCUT2D eigenvalue weighted by atomic mass is 19.2. The molecule has 4 nitrogen and oxygen atoms in total. The van der Waals surface area contributed by atoms with E-state index in [1.807, 2.05) is 35.0 Å². The van der Waals surface area contributed by atoms with E-state index < -0.39 is 11.6 Å². The summed E-state index contributed by atoms with van der Waals surface area (Å²) in [4.78, 5) is 4.98. The van der Waals surface area contributed by atoms with Gasteiger partial charge in [-0.2, -0.15) is 0 Å². The van der Waals surface area contributed by atoms with Crippen molar-refractivity contribution >= 4 is 0 Å². The van der Waals surface area contributed by atoms with Crippen LogP contribution in [0.25, 0.3) is 17.1 Å². The van der Waals surface area contributed by atoms with E-state index in [0.29, 0.717) is 17.3 Å². The first-order chi connectivity index (χ1) is 14.6. The van der Waals surface area contributed by atoms with Crippen molar-refractivity contribution in [2.24, 2.45) is 0 Å². The summed E-state index contributed by atoms with van der Waals surface area (Å²) in [5.41, 5.74) is 1.61. The summed E-state index contributed by atoms with van der Waals surface area (Å²) >= 11 is 0. The lowest BCUT2D eigenvalue weighted by molar-refractivity contribution is -0.162. The number of nitrogens with zero attached hydrogens (tertiary/aromatic N) is 2. The molecule has 1 aliphatic rings. The monoisotopic (exact) mass is 426 g/mol. The van der Waals surface area contributed by atoms with Crippen molar-refractivity contribution in [1.82, 2.24) is 9.55 Å². The number of rotatable bonds is 4. The summed E-state index contributed by atoms with van der Waals surface area (Å²) in [5, 5.41) is 0. The third kappa shape index (κ3) is 4.35. The Bertz CT molecular complexity index is 1090. The molecular weight excluding hydrogens is 398 g/mol. The number of imidazole rings is 1. The van der Waals surface area contributed by atoms with Crippen molar-refractivity contribution in [2.75, 3.05) is 7.11 Å². The largest absolute Gasteiger partial charge is 0.496 e. The second-order valence-electron chi connectivity index (χ2n) is 9.38. The summed E-state index contributed by atoms with van der Waals surface area (Å²) < 4.78 is 41.2. The molecule has 0 saturated carbocycles. The Balaban J connectivity index is 1.87. The number of ether oxygens (including phenoxy) is 2. The van der Waals surface area contributed by atoms with Gasteiger partial charge in [0, 0.05) is 18.2 Å². The smallest absolute Gasteiger partial charge is 0.160 e. The SMILES string of the molecule is COc1ccccc1-c1nc(C2CC(C)(C)OC(C)(C)C2)cn1-c1ccc(F)c(F)c1. The van der Waals surface area contributed by atoms with E-state index in [2.05, 4.69) is 27.7 Å². The Kier molecular flexibility index (Phi) is 5.38. The average Bonchev–Trinajstić information content (AvgIpc) is 3.13. The molecule has 1 saturated heterocycles. The lowest BCUT2D eigenvalue weighted by Crippen LogP contribution is -2.44. The molecule has 1 aromatic heterocycles. The van der Waals surface area contributed by atoms with Gasteiger partial charge in [-0.1, -0.05) is 12.1 Å². The van der Waals surface area contributed by atoms with Crippen LogP contribution in [-0.2, 0) is 4.74 Å². The van der Waals surface area contributed by atoms with Crippen LogP contribution in [0.2, 0.25) is 0 Å². The number of hydrogen-bond acceptors (Lipinski definition) is 3. The van der Waals surface area contributed by atoms with E-state index in [1.54, 1.807) is 13.2 Å². The van der Waals surface area contributed by atoms with Crippen LogP contribution >= 0.6 is 0 Å². The molecule has 1 fully saturated rings. The molecule has 164 valence electrons. The van der Waals surface area contributed by atoms with Crippen LogP contribution < -0.4 is 4.74 Å². The summed E-state index contributed by atoms with van der Waals surface area (Å²) in [5.74, 6) is -0.321. The van der Waals surface area contributed by atoms with Gasteiger partial charge in [0.2, 0.25) is 0 Å². The first-order valence-corrected chi connectivity index (χ1v) is 10.5. The van der Waals surface area contributed by atoms with Gasteiger partial charge in [0.05, 0.1) is 35.3 Å². The molecule has 4 rings (SSSR count). The van der Waals surface area contributed by atoms with Gasteiger partial charge in [0.1, 0.15) is 11.6 Å². The maximum Gasteiger partial charge on any atom is 0.160 e. The second kappa shape index (κ2) is 7.75. The lowest BCUT2D eigenvalue weighted by Gasteiger charge is -2.45. The molecule has 0 bridgehead atoms. The van der Waals surface area contributed by atoms with Crippen molar-refractivity contribution in [3.8, 4) is 22.8 Å². The quantitative estimate of drug-likeness (QED) is 0.493. The van der Waals surface area contributed by atoms with Crippen LogP contribution in [0.1, 0.15) is 52.1 Å². The summed E-state index contributed by atoms with van der Waals surface area (Å²) in [6, 6.07) is 11.5. The summed E-state index contributed by atoms with van der Waals surface area (Å²) in [7, 11) is 1.61. The van der Waals surface area contributed by atoms with Gasteiger partial charge in [-0.05, 0) is 64.8 Å². The molecule has 0 amide bonds. The molecule has 0 N–H and O–H groups in total. The van der Waals surface area contributed by atoms with Gasteiger partial charge >= 0.3 is 0 Å². The number of para-hydroxylation sites is 1. The lowest BCUT2D eigenvalue weighted by atomic mass is 9.79. The molecule has 0 spiro atoms. The van der Waals surface area contributed by atoms with Crippen molar-refractivity contribution in [2.45, 2.75) is 57.7 Å². The molecule has 31 heavy (non-hydrogen) atoms. The molecule has 2 aromatic carbocycles. The predicted molar refractivity (Wildman–Crippen MR) is 117 cm³/mol. The fourth-order valence-electron chi connectivity index (χ4n) is 4.75. The first-order valence-electron chi connectivity index (χ1n) is 10.5. The van der Waals surface area contributed by atoms with Crippen LogP contribution in [0.4, 0.5) is 8.78 Å². The highest BCUT2D eigenvalue weighted by molar-refractivity contribution is 5.67. The topological polar surface area (TPSA) is 36.3 Å². The van der Waals surface area contributed by atoms with E-state index in [9.17, 15) is 8.78 Å². The maximum atomic E-state index is 14.1. The van der Waals surface area contributed by atoms with Crippen molar-refractivity contribution in [1.29, 1.82) is 0 Å². The third-order valence-corrected chi connectivity index (χ3v) is 5.70. The van der Waals surface area contributed by atoms with Gasteiger partial charge in [-0.15, -0.1) is 0 Å². The normalized spacial score (nSPS) is 18.2. The molecule has 0 unspecified atom stereocenters. The Morgan fingerprint density at radius 3 is 2.32 bits per heavy atom. The summed E-state index contributed by atoms with van der Waals surface area (Å²) in [6.45, 7) is 8.37. The highest BCUT2D eigenvalue weighted by Crippen LogP contribution is 2.44. The van der Waals surface area contributed by atoms with Gasteiger partial charge in [-0.25, -0.2) is 13.8 Å². The number of methoxy groups -OCH3 is 1. The fraction of sp³-hybridized carbons (Fsp3) is 0.400. The molecule has 1 aliphatic heterocycles. The molecule has 0 radical (unpaired) electrons. The average molecular weight is 427 g/mol. The van der Waals surface area contributed by atoms with E-state index in [1.165, 1.54) is 6.07 Å². The molecule has 0 atom stereocenters. The van der Waals surface area contributed by atoms with Gasteiger partial charge in [0.25, 0.3) is 0 Å². The standard InChI is InChI=1S/C25H28F2N2O2/c1-24(2)13-16(14-25(3,4)31-24)21-15-29(17-10-11-19(26)20(27)12-17)23(28-21)18-8-6-7-9-22(18)30-5/h6-12,15-16H,13-14H2,1-5H3. The second-order valence-corrected chi connectivity index (χ2v) is 9.38. The van der Waals surface area contributed by atoms with Crippen LogP contribution in [0, 0.1) is 11.6 Å². The number of aromatic nitrogens is 2. The third-order valence-electron chi connectivity index (χ3n) is 5.70. The zero-order chi connectivity index (χ0) is 22.4. The molecule has 2 heterocycles. The van der Waals surface area contributed by atoms with Crippen LogP contribution in [0.3, 0.4) is 0 Å². The van der Waals surface area contributed by atoms with Gasteiger partial charge < -0.3 is 9.47 Å². The zero-order valence-electron chi connectivity index (χ0n) is 18.6. The number of benzene rings is 2. The Morgan fingerprint density at radius 2 is 1.68 bits per heavy atom. The number of hydrogen-bond donors (Lipinski definition) is 0. The van der Waals surface area contributed by atoms with Crippen LogP contribution in [0.15, 0.2) is 48.7 Å². The predicted octanol–water partition coefficient (Wildman–Crippen LogP) is 6.28. The minimum absolute atomic E-state index is 0.166. The minimum Gasteiger partial charge on any atom is -0.496 e. The molecule has 3 aromatic rings. The van der Waals surface area contributed by atoms with E-state index in [-0.39, 0.29) is 17.1 Å². The van der Waals surface area contributed by atoms with E-state index >= 15 is 0 Å². The van der Waals surface area contributed by atoms with Crippen LogP contribution in [-0.4, -0.2) is 27.9 Å². The van der Waals surface area contributed by atoms with Crippen molar-refractivity contribution < 1.29 is 18.3 Å². The van der Waals surface area contributed by atoms with E-state index in [0.717, 1.165) is 30.2 Å². The Hall–Kier alpha value is -2.73. The van der Waals surface area contributed by atoms with Crippen molar-refractivity contribution in [3.63, 3.8) is 0 Å². The van der Waals surface area contributed by atoms with Gasteiger partial charge in [-0.3, -0.25) is 4.57 Å². The minimum atomic E-state index is -0.896. The molecule has 0 aliphatic carbocycles. The highest BCUT2D eigenvalue weighted by Gasteiger charge is 2.41. The first kappa shape index (κ1) is 21.5. The summed E-state index contributed by atoms with van der Waals surface area (Å²) in [6.07, 6.45) is 3.56. The zero-order valence-corrected chi connectivity index (χ0v) is 18.6. The molecule has 6 heteroatoms. The molecular formula is C25H28F2N2O2. The van der Waals surface area contributed by atoms with Crippen LogP contribution in [0.5, 0.6) is 5.75 Å².